The second-order valence-corrected chi connectivity index (χ2v) is 7.02. The van der Waals surface area contributed by atoms with Crippen LogP contribution in [0.15, 0.2) is 0 Å². The summed E-state index contributed by atoms with van der Waals surface area (Å²) in [4.78, 5) is 23.8. The third kappa shape index (κ3) is 15.6. The molecule has 0 saturated heterocycles. The lowest BCUT2D eigenvalue weighted by Gasteiger charge is -2.14. The number of esters is 2. The molecule has 0 rings (SSSR count). The van der Waals surface area contributed by atoms with Gasteiger partial charge in [0.15, 0.2) is 6.10 Å². The zero-order valence-electron chi connectivity index (χ0n) is 16.8. The summed E-state index contributed by atoms with van der Waals surface area (Å²) in [7, 11) is 2.03. The van der Waals surface area contributed by atoms with Crippen molar-refractivity contribution < 1.29 is 23.6 Å². The highest BCUT2D eigenvalue weighted by Gasteiger charge is 2.23. The highest BCUT2D eigenvalue weighted by Crippen LogP contribution is 2.10. The number of carbonyl (C=O) groups is 2. The molecule has 5 nitrogen and oxygen atoms in total. The maximum Gasteiger partial charge on any atom is 0.336 e. The van der Waals surface area contributed by atoms with Gasteiger partial charge < -0.3 is 14.0 Å². The number of ether oxygens (including phenoxy) is 2. The second kappa shape index (κ2) is 19.1. The van der Waals surface area contributed by atoms with Crippen LogP contribution in [0.2, 0.25) is 0 Å². The number of hydrogen-bond donors (Lipinski definition) is 0. The van der Waals surface area contributed by atoms with Crippen molar-refractivity contribution in [2.75, 3.05) is 13.2 Å². The van der Waals surface area contributed by atoms with E-state index in [-0.39, 0.29) is 6.42 Å². The van der Waals surface area contributed by atoms with Crippen LogP contribution >= 0.6 is 9.47 Å². The molecular weight excluding hydrogens is 351 g/mol. The molecule has 0 aliphatic rings. The Morgan fingerprint density at radius 1 is 0.731 bits per heavy atom. The molecule has 0 aliphatic carbocycles. The number of carbonyl (C=O) groups excluding carboxylic acids is 2. The van der Waals surface area contributed by atoms with Gasteiger partial charge in [-0.15, -0.1) is 0 Å². The smallest absolute Gasteiger partial charge is 0.336 e. The Hall–Kier alpha value is -0.670. The topological polar surface area (TPSA) is 61.8 Å². The highest BCUT2D eigenvalue weighted by atomic mass is 31.0. The first-order valence-electron chi connectivity index (χ1n) is 10.3. The van der Waals surface area contributed by atoms with Crippen LogP contribution in [0.4, 0.5) is 0 Å². The van der Waals surface area contributed by atoms with Crippen molar-refractivity contribution >= 4 is 21.4 Å². The lowest BCUT2D eigenvalue weighted by molar-refractivity contribution is -0.158. The van der Waals surface area contributed by atoms with E-state index in [1.165, 1.54) is 51.4 Å². The first-order chi connectivity index (χ1) is 12.7. The van der Waals surface area contributed by atoms with Gasteiger partial charge in [0.1, 0.15) is 0 Å². The van der Waals surface area contributed by atoms with Gasteiger partial charge in [0.2, 0.25) is 0 Å². The van der Waals surface area contributed by atoms with E-state index in [0.717, 1.165) is 25.7 Å². The van der Waals surface area contributed by atoms with E-state index in [2.05, 4.69) is 13.8 Å². The first kappa shape index (κ1) is 25.3. The summed E-state index contributed by atoms with van der Waals surface area (Å²) >= 11 is 0. The summed E-state index contributed by atoms with van der Waals surface area (Å²) in [5, 5.41) is 0. The van der Waals surface area contributed by atoms with Crippen molar-refractivity contribution in [3.8, 4) is 0 Å². The standard InChI is InChI=1S/C20H39O5P/c1-3-5-7-9-11-13-15-23-19(21)17-18(25-26)20(22)24-16-14-12-10-8-6-4-2/h18H,3-17,26H2,1-2H3. The Labute approximate surface area is 162 Å². The molecule has 0 N–H and O–H groups in total. The van der Waals surface area contributed by atoms with Gasteiger partial charge in [-0.3, -0.25) is 4.79 Å². The van der Waals surface area contributed by atoms with Gasteiger partial charge >= 0.3 is 11.9 Å². The van der Waals surface area contributed by atoms with Crippen molar-refractivity contribution in [3.63, 3.8) is 0 Å². The Kier molecular flexibility index (Phi) is 18.6. The van der Waals surface area contributed by atoms with E-state index < -0.39 is 18.0 Å². The Morgan fingerprint density at radius 2 is 1.19 bits per heavy atom. The van der Waals surface area contributed by atoms with Gasteiger partial charge in [0, 0.05) is 9.47 Å². The SMILES string of the molecule is CCCCCCCCOC(=O)CC(OP)C(=O)OCCCCCCCC. The monoisotopic (exact) mass is 390 g/mol. The molecule has 0 saturated carbocycles. The van der Waals surface area contributed by atoms with Gasteiger partial charge in [-0.25, -0.2) is 4.79 Å². The quantitative estimate of drug-likeness (QED) is 0.179. The molecule has 0 fully saturated rings. The zero-order valence-corrected chi connectivity index (χ0v) is 18.0. The Balaban J connectivity index is 3.73. The molecule has 154 valence electrons. The van der Waals surface area contributed by atoms with Crippen LogP contribution < -0.4 is 0 Å². The van der Waals surface area contributed by atoms with Crippen LogP contribution in [0.25, 0.3) is 0 Å². The van der Waals surface area contributed by atoms with Crippen molar-refractivity contribution in [1.82, 2.24) is 0 Å². The molecule has 6 heteroatoms. The van der Waals surface area contributed by atoms with Crippen LogP contribution in [0.5, 0.6) is 0 Å². The fourth-order valence-electron chi connectivity index (χ4n) is 2.61. The predicted molar refractivity (Wildman–Crippen MR) is 108 cm³/mol. The average molecular weight is 391 g/mol. The van der Waals surface area contributed by atoms with Gasteiger partial charge in [-0.2, -0.15) is 0 Å². The van der Waals surface area contributed by atoms with Crippen LogP contribution in [-0.2, 0) is 23.6 Å². The number of hydrogen-bond acceptors (Lipinski definition) is 5. The predicted octanol–water partition coefficient (Wildman–Crippen LogP) is 5.36. The second-order valence-electron chi connectivity index (χ2n) is 6.75. The Morgan fingerprint density at radius 3 is 1.69 bits per heavy atom. The lowest BCUT2D eigenvalue weighted by atomic mass is 10.1. The molecule has 2 atom stereocenters. The molecule has 0 aromatic heterocycles. The van der Waals surface area contributed by atoms with Gasteiger partial charge in [-0.05, 0) is 12.8 Å². The van der Waals surface area contributed by atoms with Crippen molar-refractivity contribution in [1.29, 1.82) is 0 Å². The molecule has 0 bridgehead atoms. The van der Waals surface area contributed by atoms with E-state index in [4.69, 9.17) is 14.0 Å². The molecule has 0 aromatic carbocycles. The third-order valence-electron chi connectivity index (χ3n) is 4.28. The molecule has 2 unspecified atom stereocenters. The fraction of sp³-hybridized carbons (Fsp3) is 0.900. The minimum Gasteiger partial charge on any atom is -0.466 e. The van der Waals surface area contributed by atoms with Crippen LogP contribution in [0.1, 0.15) is 97.3 Å². The zero-order chi connectivity index (χ0) is 19.5. The molecule has 0 heterocycles. The van der Waals surface area contributed by atoms with E-state index in [1.54, 1.807) is 0 Å². The minimum atomic E-state index is -0.905. The summed E-state index contributed by atoms with van der Waals surface area (Å²) in [6.45, 7) is 5.15. The molecule has 0 aromatic rings. The molecule has 26 heavy (non-hydrogen) atoms. The maximum absolute atomic E-state index is 12.0. The normalized spacial score (nSPS) is 12.0. The molecule has 0 spiro atoms. The summed E-state index contributed by atoms with van der Waals surface area (Å²) in [5.41, 5.74) is 0. The summed E-state index contributed by atoms with van der Waals surface area (Å²) in [6, 6.07) is 0. The van der Waals surface area contributed by atoms with Crippen molar-refractivity contribution in [2.45, 2.75) is 103 Å². The summed E-state index contributed by atoms with van der Waals surface area (Å²) < 4.78 is 15.4. The van der Waals surface area contributed by atoms with Crippen LogP contribution in [0.3, 0.4) is 0 Å². The van der Waals surface area contributed by atoms with Gasteiger partial charge in [0.25, 0.3) is 0 Å². The molecular formula is C20H39O5P. The third-order valence-corrected chi connectivity index (χ3v) is 4.61. The minimum absolute atomic E-state index is 0.103. The van der Waals surface area contributed by atoms with E-state index in [0.29, 0.717) is 13.2 Å². The largest absolute Gasteiger partial charge is 0.466 e. The fourth-order valence-corrected chi connectivity index (χ4v) is 2.82. The first-order valence-corrected chi connectivity index (χ1v) is 10.8. The van der Waals surface area contributed by atoms with Gasteiger partial charge in [0.05, 0.1) is 19.6 Å². The number of unbranched alkanes of at least 4 members (excludes halogenated alkanes) is 10. The molecule has 0 amide bonds. The molecule has 0 radical (unpaired) electrons. The summed E-state index contributed by atoms with van der Waals surface area (Å²) in [6.07, 6.45) is 12.6. The van der Waals surface area contributed by atoms with Crippen molar-refractivity contribution in [2.24, 2.45) is 0 Å². The van der Waals surface area contributed by atoms with E-state index >= 15 is 0 Å². The summed E-state index contributed by atoms with van der Waals surface area (Å²) in [5.74, 6) is -0.910. The maximum atomic E-state index is 12.0. The van der Waals surface area contributed by atoms with Crippen LogP contribution in [-0.4, -0.2) is 31.3 Å². The van der Waals surface area contributed by atoms with E-state index in [9.17, 15) is 9.59 Å². The highest BCUT2D eigenvalue weighted by molar-refractivity contribution is 7.09. The number of rotatable bonds is 18. The lowest BCUT2D eigenvalue weighted by Crippen LogP contribution is -2.28. The van der Waals surface area contributed by atoms with Gasteiger partial charge in [-0.1, -0.05) is 78.1 Å². The van der Waals surface area contributed by atoms with Crippen LogP contribution in [0, 0.1) is 0 Å². The Bertz CT molecular complexity index is 349. The average Bonchev–Trinajstić information content (AvgIpc) is 2.64. The van der Waals surface area contributed by atoms with E-state index in [1.807, 2.05) is 9.47 Å². The molecule has 0 aliphatic heterocycles. The van der Waals surface area contributed by atoms with Crippen molar-refractivity contribution in [3.05, 3.63) is 0 Å².